The number of hydrogen-bond acceptors (Lipinski definition) is 3. The summed E-state index contributed by atoms with van der Waals surface area (Å²) >= 11 is 0. The first-order valence-electron chi connectivity index (χ1n) is 3.83. The average molecular weight is 170 g/mol. The molecule has 12 heavy (non-hydrogen) atoms. The van der Waals surface area contributed by atoms with Crippen molar-refractivity contribution >= 4 is 6.16 Å². The molecule has 1 atom stereocenters. The van der Waals surface area contributed by atoms with E-state index in [0.717, 1.165) is 0 Å². The van der Waals surface area contributed by atoms with Crippen LogP contribution >= 0.6 is 0 Å². The first-order valence-corrected chi connectivity index (χ1v) is 3.83. The molecule has 0 fully saturated rings. The predicted molar refractivity (Wildman–Crippen MR) is 46.9 cm³/mol. The van der Waals surface area contributed by atoms with Gasteiger partial charge in [-0.1, -0.05) is 18.7 Å². The molecule has 1 unspecified atom stereocenters. The zero-order valence-electron chi connectivity index (χ0n) is 7.45. The van der Waals surface area contributed by atoms with Crippen LogP contribution in [-0.4, -0.2) is 18.9 Å². The molecule has 0 aromatic heterocycles. The second kappa shape index (κ2) is 6.46. The second-order valence-corrected chi connectivity index (χ2v) is 2.13. The van der Waals surface area contributed by atoms with Crippen LogP contribution in [0.1, 0.15) is 13.8 Å². The van der Waals surface area contributed by atoms with Crippen molar-refractivity contribution in [2.45, 2.75) is 20.0 Å². The largest absolute Gasteiger partial charge is 0.508 e. The van der Waals surface area contributed by atoms with Gasteiger partial charge in [0.25, 0.3) is 0 Å². The van der Waals surface area contributed by atoms with Gasteiger partial charge in [-0.05, 0) is 19.9 Å². The number of ether oxygens (including phenoxy) is 2. The molecule has 0 aliphatic heterocycles. The molecule has 68 valence electrons. The van der Waals surface area contributed by atoms with E-state index in [1.165, 1.54) is 0 Å². The van der Waals surface area contributed by atoms with Crippen LogP contribution in [0.4, 0.5) is 4.79 Å². The number of allylic oxidation sites excluding steroid dienone is 2. The highest BCUT2D eigenvalue weighted by atomic mass is 16.7. The molecule has 0 rings (SSSR count). The van der Waals surface area contributed by atoms with Crippen molar-refractivity contribution in [3.05, 3.63) is 24.8 Å². The Bertz CT molecular complexity index is 173. The molecule has 0 radical (unpaired) electrons. The third-order valence-corrected chi connectivity index (χ3v) is 1.06. The maximum Gasteiger partial charge on any atom is 0.508 e. The van der Waals surface area contributed by atoms with E-state index in [1.807, 2.05) is 0 Å². The fourth-order valence-electron chi connectivity index (χ4n) is 0.578. The van der Waals surface area contributed by atoms with Gasteiger partial charge in [0.1, 0.15) is 6.10 Å². The Kier molecular flexibility index (Phi) is 5.79. The van der Waals surface area contributed by atoms with E-state index in [2.05, 4.69) is 11.3 Å². The summed E-state index contributed by atoms with van der Waals surface area (Å²) in [6, 6.07) is 0. The maximum absolute atomic E-state index is 10.7. The Morgan fingerprint density at radius 2 is 2.33 bits per heavy atom. The zero-order valence-corrected chi connectivity index (χ0v) is 7.45. The van der Waals surface area contributed by atoms with Crippen LogP contribution in [0.2, 0.25) is 0 Å². The summed E-state index contributed by atoms with van der Waals surface area (Å²) in [5, 5.41) is 0. The van der Waals surface area contributed by atoms with Crippen LogP contribution in [0, 0.1) is 0 Å². The fraction of sp³-hybridized carbons (Fsp3) is 0.444. The topological polar surface area (TPSA) is 35.5 Å². The third kappa shape index (κ3) is 5.53. The normalized spacial score (nSPS) is 12.5. The van der Waals surface area contributed by atoms with Crippen molar-refractivity contribution < 1.29 is 14.3 Å². The van der Waals surface area contributed by atoms with Crippen LogP contribution < -0.4 is 0 Å². The van der Waals surface area contributed by atoms with Gasteiger partial charge in [0.2, 0.25) is 0 Å². The average Bonchev–Trinajstić information content (AvgIpc) is 2.01. The van der Waals surface area contributed by atoms with Crippen LogP contribution in [0.25, 0.3) is 0 Å². The molecule has 0 aromatic rings. The first kappa shape index (κ1) is 10.8. The van der Waals surface area contributed by atoms with E-state index in [9.17, 15) is 4.79 Å². The van der Waals surface area contributed by atoms with Gasteiger partial charge in [-0.2, -0.15) is 0 Å². The smallest absolute Gasteiger partial charge is 0.435 e. The maximum atomic E-state index is 10.7. The summed E-state index contributed by atoms with van der Waals surface area (Å²) in [4.78, 5) is 10.7. The lowest BCUT2D eigenvalue weighted by atomic mass is 10.3. The SMILES string of the molecule is C=C/C=C/C(C)OC(=O)OCC. The molecule has 0 N–H and O–H groups in total. The van der Waals surface area contributed by atoms with E-state index in [0.29, 0.717) is 6.61 Å². The van der Waals surface area contributed by atoms with Gasteiger partial charge >= 0.3 is 6.16 Å². The number of carbonyl (C=O) groups is 1. The summed E-state index contributed by atoms with van der Waals surface area (Å²) in [5.74, 6) is 0. The molecular weight excluding hydrogens is 156 g/mol. The zero-order chi connectivity index (χ0) is 9.40. The lowest BCUT2D eigenvalue weighted by Gasteiger charge is -2.07. The van der Waals surface area contributed by atoms with Crippen LogP contribution in [0.15, 0.2) is 24.8 Å². The van der Waals surface area contributed by atoms with Crippen LogP contribution in [-0.2, 0) is 9.47 Å². The van der Waals surface area contributed by atoms with Gasteiger partial charge in [0.05, 0.1) is 6.61 Å². The first-order chi connectivity index (χ1) is 5.70. The molecule has 0 aliphatic rings. The molecule has 0 saturated heterocycles. The van der Waals surface area contributed by atoms with Gasteiger partial charge < -0.3 is 9.47 Å². The molecule has 0 bridgehead atoms. The highest BCUT2D eigenvalue weighted by molar-refractivity contribution is 5.60. The summed E-state index contributed by atoms with van der Waals surface area (Å²) < 4.78 is 9.37. The van der Waals surface area contributed by atoms with E-state index >= 15 is 0 Å². The van der Waals surface area contributed by atoms with Gasteiger partial charge in [0.15, 0.2) is 0 Å². The molecular formula is C9H14O3. The van der Waals surface area contributed by atoms with Crippen molar-refractivity contribution in [3.63, 3.8) is 0 Å². The summed E-state index contributed by atoms with van der Waals surface area (Å²) in [6.45, 7) is 7.29. The Morgan fingerprint density at radius 3 is 2.83 bits per heavy atom. The lowest BCUT2D eigenvalue weighted by Crippen LogP contribution is -2.13. The molecule has 0 saturated carbocycles. The fourth-order valence-corrected chi connectivity index (χ4v) is 0.578. The molecule has 0 spiro atoms. The highest BCUT2D eigenvalue weighted by Crippen LogP contribution is 1.96. The van der Waals surface area contributed by atoms with Crippen molar-refractivity contribution in [2.24, 2.45) is 0 Å². The van der Waals surface area contributed by atoms with Crippen molar-refractivity contribution in [1.82, 2.24) is 0 Å². The van der Waals surface area contributed by atoms with Crippen molar-refractivity contribution in [2.75, 3.05) is 6.61 Å². The second-order valence-electron chi connectivity index (χ2n) is 2.13. The quantitative estimate of drug-likeness (QED) is 0.479. The monoisotopic (exact) mass is 170 g/mol. The van der Waals surface area contributed by atoms with E-state index in [-0.39, 0.29) is 6.10 Å². The summed E-state index contributed by atoms with van der Waals surface area (Å²) in [5.41, 5.74) is 0. The minimum absolute atomic E-state index is 0.276. The molecule has 0 heterocycles. The Morgan fingerprint density at radius 1 is 1.67 bits per heavy atom. The lowest BCUT2D eigenvalue weighted by molar-refractivity contribution is 0.0454. The predicted octanol–water partition coefficient (Wildman–Crippen LogP) is 2.29. The molecule has 0 aliphatic carbocycles. The minimum atomic E-state index is -0.640. The summed E-state index contributed by atoms with van der Waals surface area (Å²) in [6.07, 6.45) is 4.12. The van der Waals surface area contributed by atoms with E-state index < -0.39 is 6.16 Å². The Labute approximate surface area is 72.7 Å². The van der Waals surface area contributed by atoms with Crippen LogP contribution in [0.3, 0.4) is 0 Å². The number of carbonyl (C=O) groups excluding carboxylic acids is 1. The Hall–Kier alpha value is -1.25. The van der Waals surface area contributed by atoms with E-state index in [1.54, 1.807) is 32.1 Å². The van der Waals surface area contributed by atoms with Crippen LogP contribution in [0.5, 0.6) is 0 Å². The van der Waals surface area contributed by atoms with E-state index in [4.69, 9.17) is 4.74 Å². The minimum Gasteiger partial charge on any atom is -0.435 e. The van der Waals surface area contributed by atoms with Gasteiger partial charge in [-0.3, -0.25) is 0 Å². The third-order valence-electron chi connectivity index (χ3n) is 1.06. The standard InChI is InChI=1S/C9H14O3/c1-4-6-7-8(3)12-9(10)11-5-2/h4,6-8H,1,5H2,2-3H3/b7-6+. The molecule has 3 heteroatoms. The number of hydrogen-bond donors (Lipinski definition) is 0. The molecule has 0 amide bonds. The van der Waals surface area contributed by atoms with Crippen molar-refractivity contribution in [3.8, 4) is 0 Å². The molecule has 0 aromatic carbocycles. The number of rotatable bonds is 4. The Balaban J connectivity index is 3.67. The van der Waals surface area contributed by atoms with Gasteiger partial charge in [-0.25, -0.2) is 4.79 Å². The van der Waals surface area contributed by atoms with Gasteiger partial charge in [0, 0.05) is 0 Å². The summed E-state index contributed by atoms with van der Waals surface area (Å²) in [7, 11) is 0. The van der Waals surface area contributed by atoms with Crippen molar-refractivity contribution in [1.29, 1.82) is 0 Å². The van der Waals surface area contributed by atoms with Gasteiger partial charge in [-0.15, -0.1) is 0 Å². The molecule has 3 nitrogen and oxygen atoms in total. The highest BCUT2D eigenvalue weighted by Gasteiger charge is 2.05.